The molecule has 2 N–H and O–H groups in total. The number of anilines is 3. The summed E-state index contributed by atoms with van der Waals surface area (Å²) in [4.78, 5) is 31.0. The number of amides is 2. The van der Waals surface area contributed by atoms with E-state index in [9.17, 15) is 9.59 Å². The van der Waals surface area contributed by atoms with Crippen LogP contribution in [0.2, 0.25) is 0 Å². The first-order chi connectivity index (χ1) is 14.6. The number of hydrogen-bond donors (Lipinski definition) is 2. The average Bonchev–Trinajstić information content (AvgIpc) is 3.42. The summed E-state index contributed by atoms with van der Waals surface area (Å²) < 4.78 is 5.05. The number of carbonyl (C=O) groups excluding carboxylic acids is 2. The minimum atomic E-state index is -0.367. The lowest BCUT2D eigenvalue weighted by Crippen LogP contribution is -2.32. The Morgan fingerprint density at radius 2 is 1.93 bits per heavy atom. The van der Waals surface area contributed by atoms with Gasteiger partial charge in [0.15, 0.2) is 10.9 Å². The van der Waals surface area contributed by atoms with Gasteiger partial charge in [-0.25, -0.2) is 4.98 Å². The lowest BCUT2D eigenvalue weighted by molar-refractivity contribution is -0.115. The van der Waals surface area contributed by atoms with E-state index in [-0.39, 0.29) is 24.0 Å². The Morgan fingerprint density at radius 1 is 1.17 bits per heavy atom. The normalized spacial score (nSPS) is 14.5. The van der Waals surface area contributed by atoms with Crippen LogP contribution in [-0.2, 0) is 11.2 Å². The zero-order chi connectivity index (χ0) is 20.9. The predicted molar refractivity (Wildman–Crippen MR) is 118 cm³/mol. The van der Waals surface area contributed by atoms with Gasteiger partial charge in [0, 0.05) is 29.8 Å². The van der Waals surface area contributed by atoms with Crippen molar-refractivity contribution in [1.29, 1.82) is 0 Å². The van der Waals surface area contributed by atoms with Crippen molar-refractivity contribution in [2.24, 2.45) is 5.92 Å². The van der Waals surface area contributed by atoms with Crippen LogP contribution < -0.4 is 15.5 Å². The molecular weight excluding hydrogens is 400 g/mol. The molecule has 0 aliphatic carbocycles. The van der Waals surface area contributed by atoms with Crippen LogP contribution in [-0.4, -0.2) is 29.9 Å². The lowest BCUT2D eigenvalue weighted by atomic mass is 9.99. The molecule has 0 spiro atoms. The molecule has 0 saturated carbocycles. The van der Waals surface area contributed by atoms with Gasteiger partial charge in [0.1, 0.15) is 0 Å². The zero-order valence-electron chi connectivity index (χ0n) is 16.8. The summed E-state index contributed by atoms with van der Waals surface area (Å²) in [6, 6.07) is 11.2. The Kier molecular flexibility index (Phi) is 6.13. The molecule has 8 heteroatoms. The summed E-state index contributed by atoms with van der Waals surface area (Å²) >= 11 is 1.27. The monoisotopic (exact) mass is 424 g/mol. The first-order valence-corrected chi connectivity index (χ1v) is 10.9. The van der Waals surface area contributed by atoms with Gasteiger partial charge in [0.05, 0.1) is 18.4 Å². The standard InChI is InChI=1S/C22H24N4O3S/c1-15-8-10-26(11-9-15)18-6-4-16(5-7-18)23-20(27)13-17-14-30-22(24-17)25-21(28)19-3-2-12-29-19/h2-7,12,14-15H,8-11,13H2,1H3,(H,23,27)(H,24,25,28). The van der Waals surface area contributed by atoms with Crippen LogP contribution in [0.1, 0.15) is 36.0 Å². The van der Waals surface area contributed by atoms with E-state index in [1.165, 1.54) is 36.1 Å². The second kappa shape index (κ2) is 9.13. The largest absolute Gasteiger partial charge is 0.459 e. The number of benzene rings is 1. The van der Waals surface area contributed by atoms with Gasteiger partial charge >= 0.3 is 0 Å². The number of hydrogen-bond acceptors (Lipinski definition) is 6. The van der Waals surface area contributed by atoms with Gasteiger partial charge in [-0.15, -0.1) is 11.3 Å². The molecule has 1 saturated heterocycles. The fourth-order valence-electron chi connectivity index (χ4n) is 3.40. The maximum Gasteiger partial charge on any atom is 0.293 e. The fraction of sp³-hybridized carbons (Fsp3) is 0.318. The van der Waals surface area contributed by atoms with Crippen LogP contribution in [0.3, 0.4) is 0 Å². The third-order valence-corrected chi connectivity index (χ3v) is 5.97. The zero-order valence-corrected chi connectivity index (χ0v) is 17.6. The van der Waals surface area contributed by atoms with Gasteiger partial charge in [0.2, 0.25) is 5.91 Å². The van der Waals surface area contributed by atoms with Crippen LogP contribution in [0, 0.1) is 5.92 Å². The van der Waals surface area contributed by atoms with Crippen molar-refractivity contribution >= 4 is 39.7 Å². The Balaban J connectivity index is 1.28. The molecule has 1 aromatic carbocycles. The number of nitrogens with zero attached hydrogens (tertiary/aromatic N) is 2. The number of furan rings is 1. The molecule has 1 fully saturated rings. The molecule has 156 valence electrons. The van der Waals surface area contributed by atoms with E-state index in [0.717, 1.165) is 24.7 Å². The summed E-state index contributed by atoms with van der Waals surface area (Å²) in [5.41, 5.74) is 2.55. The highest BCUT2D eigenvalue weighted by Gasteiger charge is 2.16. The lowest BCUT2D eigenvalue weighted by Gasteiger charge is -2.32. The summed E-state index contributed by atoms with van der Waals surface area (Å²) in [7, 11) is 0. The van der Waals surface area contributed by atoms with Crippen LogP contribution in [0.25, 0.3) is 0 Å². The maximum absolute atomic E-state index is 12.4. The minimum Gasteiger partial charge on any atom is -0.459 e. The molecule has 2 aromatic heterocycles. The third kappa shape index (κ3) is 5.07. The maximum atomic E-state index is 12.4. The molecule has 3 heterocycles. The molecule has 7 nitrogen and oxygen atoms in total. The summed E-state index contributed by atoms with van der Waals surface area (Å²) in [6.45, 7) is 4.46. The van der Waals surface area contributed by atoms with Gasteiger partial charge in [0.25, 0.3) is 5.91 Å². The Bertz CT molecular complexity index is 990. The summed E-state index contributed by atoms with van der Waals surface area (Å²) in [5, 5.41) is 7.76. The van der Waals surface area contributed by atoms with Gasteiger partial charge in [-0.3, -0.25) is 14.9 Å². The van der Waals surface area contributed by atoms with E-state index in [1.807, 2.05) is 12.1 Å². The number of rotatable bonds is 6. The van der Waals surface area contributed by atoms with Crippen molar-refractivity contribution in [3.63, 3.8) is 0 Å². The van der Waals surface area contributed by atoms with Crippen LogP contribution >= 0.6 is 11.3 Å². The first-order valence-electron chi connectivity index (χ1n) is 10.0. The number of thiazole rings is 1. The topological polar surface area (TPSA) is 87.5 Å². The van der Waals surface area contributed by atoms with Crippen LogP contribution in [0.5, 0.6) is 0 Å². The molecule has 30 heavy (non-hydrogen) atoms. The van der Waals surface area contributed by atoms with E-state index in [2.05, 4.69) is 39.6 Å². The molecular formula is C22H24N4O3S. The molecule has 0 atom stereocenters. The van der Waals surface area contributed by atoms with E-state index in [4.69, 9.17) is 4.42 Å². The summed E-state index contributed by atoms with van der Waals surface area (Å²) in [6.07, 6.45) is 4.01. The van der Waals surface area contributed by atoms with Crippen molar-refractivity contribution in [3.05, 3.63) is 59.5 Å². The molecule has 2 amide bonds. The number of piperidine rings is 1. The third-order valence-electron chi connectivity index (χ3n) is 5.16. The van der Waals surface area contributed by atoms with Crippen molar-refractivity contribution in [2.45, 2.75) is 26.2 Å². The quantitative estimate of drug-likeness (QED) is 0.612. The predicted octanol–water partition coefficient (Wildman–Crippen LogP) is 4.41. The molecule has 4 rings (SSSR count). The highest BCUT2D eigenvalue weighted by Crippen LogP contribution is 2.24. The minimum absolute atomic E-state index is 0.138. The Hall–Kier alpha value is -3.13. The molecule has 0 radical (unpaired) electrons. The molecule has 3 aromatic rings. The van der Waals surface area contributed by atoms with Gasteiger partial charge in [-0.2, -0.15) is 0 Å². The number of carbonyl (C=O) groups is 2. The first kappa shape index (κ1) is 20.2. The molecule has 0 unspecified atom stereocenters. The van der Waals surface area contributed by atoms with E-state index >= 15 is 0 Å². The van der Waals surface area contributed by atoms with Gasteiger partial charge in [-0.05, 0) is 55.2 Å². The molecule has 0 bridgehead atoms. The van der Waals surface area contributed by atoms with Crippen LogP contribution in [0.4, 0.5) is 16.5 Å². The summed E-state index contributed by atoms with van der Waals surface area (Å²) in [5.74, 6) is 0.494. The van der Waals surface area contributed by atoms with E-state index < -0.39 is 0 Å². The fourth-order valence-corrected chi connectivity index (χ4v) is 4.11. The Morgan fingerprint density at radius 3 is 2.63 bits per heavy atom. The van der Waals surface area contributed by atoms with Gasteiger partial charge < -0.3 is 14.6 Å². The molecule has 1 aliphatic rings. The Labute approximate surface area is 179 Å². The molecule has 1 aliphatic heterocycles. The van der Waals surface area contributed by atoms with Crippen molar-refractivity contribution in [2.75, 3.05) is 28.6 Å². The van der Waals surface area contributed by atoms with Crippen LogP contribution in [0.15, 0.2) is 52.5 Å². The highest BCUT2D eigenvalue weighted by molar-refractivity contribution is 7.14. The van der Waals surface area contributed by atoms with Crippen molar-refractivity contribution in [3.8, 4) is 0 Å². The van der Waals surface area contributed by atoms with Crippen molar-refractivity contribution < 1.29 is 14.0 Å². The number of nitrogens with one attached hydrogen (secondary N) is 2. The van der Waals surface area contributed by atoms with Gasteiger partial charge in [-0.1, -0.05) is 6.92 Å². The van der Waals surface area contributed by atoms with Crippen molar-refractivity contribution in [1.82, 2.24) is 4.98 Å². The SMILES string of the molecule is CC1CCN(c2ccc(NC(=O)Cc3csc(NC(=O)c4ccco4)n3)cc2)CC1. The second-order valence-corrected chi connectivity index (χ2v) is 8.37. The smallest absolute Gasteiger partial charge is 0.293 e. The average molecular weight is 425 g/mol. The number of aromatic nitrogens is 1. The van der Waals surface area contributed by atoms with E-state index in [1.54, 1.807) is 17.5 Å². The highest BCUT2D eigenvalue weighted by atomic mass is 32.1. The second-order valence-electron chi connectivity index (χ2n) is 7.52. The van der Waals surface area contributed by atoms with E-state index in [0.29, 0.717) is 10.8 Å².